The Balaban J connectivity index is 3.98. The number of hydrogen-bond acceptors (Lipinski definition) is 3. The number of ether oxygens (including phenoxy) is 1. The number of aliphatic carboxylic acids is 1. The summed E-state index contributed by atoms with van der Waals surface area (Å²) in [5, 5.41) is 11.1. The molecular formula is C12H21NO4. The standard InChI is InChI=1S/C12H21NO4/c1-4-5-9-17-11(16)13-12(2,3)8-6-7-10(14)15/h6-7H,4-5,8-9H2,1-3H3,(H,13,16)(H,14,15). The lowest BCUT2D eigenvalue weighted by Gasteiger charge is -2.24. The normalized spacial score (nSPS) is 11.5. The first-order valence-corrected chi connectivity index (χ1v) is 5.72. The van der Waals surface area contributed by atoms with Gasteiger partial charge in [0.05, 0.1) is 6.61 Å². The fourth-order valence-electron chi connectivity index (χ4n) is 1.13. The average Bonchev–Trinajstić information content (AvgIpc) is 2.16. The first kappa shape index (κ1) is 15.5. The van der Waals surface area contributed by atoms with Crippen LogP contribution in [-0.2, 0) is 9.53 Å². The number of unbranched alkanes of at least 4 members (excludes halogenated alkanes) is 1. The third-order valence-electron chi connectivity index (χ3n) is 2.06. The number of nitrogens with one attached hydrogen (secondary N) is 1. The molecule has 1 amide bonds. The quantitative estimate of drug-likeness (QED) is 0.531. The fraction of sp³-hybridized carbons (Fsp3) is 0.667. The number of amides is 1. The first-order valence-electron chi connectivity index (χ1n) is 5.72. The number of carbonyl (C=O) groups excluding carboxylic acids is 1. The van der Waals surface area contributed by atoms with Gasteiger partial charge in [-0.1, -0.05) is 19.4 Å². The molecule has 0 rings (SSSR count). The largest absolute Gasteiger partial charge is 0.478 e. The Hall–Kier alpha value is -1.52. The molecule has 0 aliphatic carbocycles. The predicted octanol–water partition coefficient (Wildman–Crippen LogP) is 2.32. The number of carbonyl (C=O) groups is 2. The van der Waals surface area contributed by atoms with E-state index in [1.165, 1.54) is 6.08 Å². The zero-order valence-corrected chi connectivity index (χ0v) is 10.7. The smallest absolute Gasteiger partial charge is 0.407 e. The SMILES string of the molecule is CCCCOC(=O)NC(C)(C)CC=CC(=O)O. The van der Waals surface area contributed by atoms with Crippen LogP contribution in [0.4, 0.5) is 4.79 Å². The topological polar surface area (TPSA) is 75.6 Å². The maximum atomic E-state index is 11.4. The summed E-state index contributed by atoms with van der Waals surface area (Å²) < 4.78 is 4.96. The molecule has 0 spiro atoms. The molecule has 0 radical (unpaired) electrons. The van der Waals surface area contributed by atoms with Crippen molar-refractivity contribution in [3.63, 3.8) is 0 Å². The minimum atomic E-state index is -0.994. The molecule has 0 aromatic carbocycles. The van der Waals surface area contributed by atoms with Gasteiger partial charge >= 0.3 is 12.1 Å². The van der Waals surface area contributed by atoms with Gasteiger partial charge in [-0.25, -0.2) is 9.59 Å². The molecule has 98 valence electrons. The maximum Gasteiger partial charge on any atom is 0.407 e. The van der Waals surface area contributed by atoms with Crippen molar-refractivity contribution >= 4 is 12.1 Å². The maximum absolute atomic E-state index is 11.4. The van der Waals surface area contributed by atoms with Gasteiger partial charge in [-0.15, -0.1) is 0 Å². The highest BCUT2D eigenvalue weighted by Gasteiger charge is 2.19. The van der Waals surface area contributed by atoms with Crippen molar-refractivity contribution in [2.75, 3.05) is 6.61 Å². The van der Waals surface area contributed by atoms with Crippen LogP contribution in [0.1, 0.15) is 40.0 Å². The zero-order valence-electron chi connectivity index (χ0n) is 10.7. The van der Waals surface area contributed by atoms with Gasteiger partial charge < -0.3 is 15.2 Å². The van der Waals surface area contributed by atoms with Crippen molar-refractivity contribution in [1.29, 1.82) is 0 Å². The molecule has 0 atom stereocenters. The second-order valence-electron chi connectivity index (χ2n) is 4.44. The van der Waals surface area contributed by atoms with Gasteiger partial charge in [-0.3, -0.25) is 0 Å². The van der Waals surface area contributed by atoms with Gasteiger partial charge in [-0.2, -0.15) is 0 Å². The lowest BCUT2D eigenvalue weighted by Crippen LogP contribution is -2.43. The summed E-state index contributed by atoms with van der Waals surface area (Å²) in [4.78, 5) is 21.6. The molecule has 5 heteroatoms. The van der Waals surface area contributed by atoms with Crippen LogP contribution in [-0.4, -0.2) is 29.3 Å². The highest BCUT2D eigenvalue weighted by Crippen LogP contribution is 2.09. The van der Waals surface area contributed by atoms with Crippen LogP contribution in [0, 0.1) is 0 Å². The van der Waals surface area contributed by atoms with E-state index in [4.69, 9.17) is 9.84 Å². The summed E-state index contributed by atoms with van der Waals surface area (Å²) in [7, 11) is 0. The van der Waals surface area contributed by atoms with Gasteiger partial charge in [0.25, 0.3) is 0 Å². The van der Waals surface area contributed by atoms with Crippen LogP contribution in [0.25, 0.3) is 0 Å². The lowest BCUT2D eigenvalue weighted by atomic mass is 10.0. The van der Waals surface area contributed by atoms with Gasteiger partial charge in [0.1, 0.15) is 0 Å². The minimum Gasteiger partial charge on any atom is -0.478 e. The highest BCUT2D eigenvalue weighted by atomic mass is 16.5. The highest BCUT2D eigenvalue weighted by molar-refractivity contribution is 5.79. The molecule has 0 heterocycles. The Morgan fingerprint density at radius 1 is 1.41 bits per heavy atom. The number of hydrogen-bond donors (Lipinski definition) is 2. The van der Waals surface area contributed by atoms with Crippen LogP contribution >= 0.6 is 0 Å². The van der Waals surface area contributed by atoms with Crippen molar-refractivity contribution in [2.24, 2.45) is 0 Å². The molecule has 0 unspecified atom stereocenters. The molecule has 0 aliphatic heterocycles. The fourth-order valence-corrected chi connectivity index (χ4v) is 1.13. The molecule has 0 fully saturated rings. The summed E-state index contributed by atoms with van der Waals surface area (Å²) in [5.74, 6) is -0.994. The number of alkyl carbamates (subject to hydrolysis) is 1. The summed E-state index contributed by atoms with van der Waals surface area (Å²) in [6.45, 7) is 6.03. The van der Waals surface area contributed by atoms with E-state index in [9.17, 15) is 9.59 Å². The molecule has 0 saturated heterocycles. The Bertz CT molecular complexity index is 284. The number of rotatable bonds is 7. The van der Waals surface area contributed by atoms with E-state index in [-0.39, 0.29) is 0 Å². The second kappa shape index (κ2) is 7.70. The van der Waals surface area contributed by atoms with E-state index < -0.39 is 17.6 Å². The monoisotopic (exact) mass is 243 g/mol. The lowest BCUT2D eigenvalue weighted by molar-refractivity contribution is -0.131. The van der Waals surface area contributed by atoms with E-state index >= 15 is 0 Å². The summed E-state index contributed by atoms with van der Waals surface area (Å²) in [6, 6.07) is 0. The summed E-state index contributed by atoms with van der Waals surface area (Å²) >= 11 is 0. The molecule has 0 aliphatic rings. The number of carboxylic acids is 1. The first-order chi connectivity index (χ1) is 7.87. The molecule has 17 heavy (non-hydrogen) atoms. The van der Waals surface area contributed by atoms with Crippen LogP contribution in [0.5, 0.6) is 0 Å². The van der Waals surface area contributed by atoms with E-state index in [1.807, 2.05) is 6.92 Å². The summed E-state index contributed by atoms with van der Waals surface area (Å²) in [5.41, 5.74) is -0.519. The van der Waals surface area contributed by atoms with E-state index in [0.717, 1.165) is 18.9 Å². The molecule has 0 saturated carbocycles. The van der Waals surface area contributed by atoms with Crippen molar-refractivity contribution in [2.45, 2.75) is 45.6 Å². The van der Waals surface area contributed by atoms with Crippen LogP contribution in [0.3, 0.4) is 0 Å². The van der Waals surface area contributed by atoms with Crippen molar-refractivity contribution in [3.8, 4) is 0 Å². The number of carboxylic acid groups (broad SMARTS) is 1. The molecule has 0 aromatic heterocycles. The van der Waals surface area contributed by atoms with Crippen LogP contribution in [0.15, 0.2) is 12.2 Å². The zero-order chi connectivity index (χ0) is 13.3. The molecule has 5 nitrogen and oxygen atoms in total. The summed E-state index contributed by atoms with van der Waals surface area (Å²) in [6.07, 6.45) is 4.35. The van der Waals surface area contributed by atoms with Crippen LogP contribution < -0.4 is 5.32 Å². The Morgan fingerprint density at radius 2 is 2.06 bits per heavy atom. The van der Waals surface area contributed by atoms with Gasteiger partial charge in [-0.05, 0) is 26.7 Å². The van der Waals surface area contributed by atoms with Gasteiger partial charge in [0.2, 0.25) is 0 Å². The Morgan fingerprint density at radius 3 is 2.59 bits per heavy atom. The second-order valence-corrected chi connectivity index (χ2v) is 4.44. The van der Waals surface area contributed by atoms with Crippen LogP contribution in [0.2, 0.25) is 0 Å². The van der Waals surface area contributed by atoms with E-state index in [2.05, 4.69) is 5.32 Å². The third-order valence-corrected chi connectivity index (χ3v) is 2.06. The van der Waals surface area contributed by atoms with Gasteiger partial charge in [0.15, 0.2) is 0 Å². The Kier molecular flexibility index (Phi) is 7.02. The minimum absolute atomic E-state index is 0.406. The third kappa shape index (κ3) is 9.41. The molecule has 0 bridgehead atoms. The molecular weight excluding hydrogens is 222 g/mol. The predicted molar refractivity (Wildman–Crippen MR) is 64.9 cm³/mol. The molecule has 0 aromatic rings. The van der Waals surface area contributed by atoms with Crippen molar-refractivity contribution in [1.82, 2.24) is 5.32 Å². The molecule has 2 N–H and O–H groups in total. The average molecular weight is 243 g/mol. The van der Waals surface area contributed by atoms with E-state index in [1.54, 1.807) is 13.8 Å². The van der Waals surface area contributed by atoms with Crippen molar-refractivity contribution in [3.05, 3.63) is 12.2 Å². The van der Waals surface area contributed by atoms with Crippen molar-refractivity contribution < 1.29 is 19.4 Å². The van der Waals surface area contributed by atoms with E-state index in [0.29, 0.717) is 13.0 Å². The Labute approximate surface area is 102 Å². The van der Waals surface area contributed by atoms with Gasteiger partial charge in [0, 0.05) is 11.6 Å².